The monoisotopic (exact) mass is 341 g/mol. The molecule has 1 N–H and O–H groups in total. The van der Waals surface area contributed by atoms with Gasteiger partial charge in [-0.05, 0) is 31.2 Å². The van der Waals surface area contributed by atoms with Gasteiger partial charge in [-0.25, -0.2) is 9.97 Å². The Morgan fingerprint density at radius 1 is 0.846 bits per heavy atom. The van der Waals surface area contributed by atoms with Crippen molar-refractivity contribution in [2.45, 2.75) is 13.8 Å². The molecule has 0 atom stereocenters. The smallest absolute Gasteiger partial charge is 0.227 e. The quantitative estimate of drug-likeness (QED) is 0.503. The molecule has 0 saturated heterocycles. The minimum atomic E-state index is 0.0490. The first-order chi connectivity index (χ1) is 12.6. The summed E-state index contributed by atoms with van der Waals surface area (Å²) in [7, 11) is 0. The van der Waals surface area contributed by atoms with Gasteiger partial charge in [0.25, 0.3) is 0 Å². The lowest BCUT2D eigenvalue weighted by molar-refractivity contribution is 0.447. The largest absolute Gasteiger partial charge is 0.425 e. The first-order valence-electron chi connectivity index (χ1n) is 8.32. The van der Waals surface area contributed by atoms with Crippen molar-refractivity contribution in [3.8, 4) is 5.69 Å². The summed E-state index contributed by atoms with van der Waals surface area (Å²) >= 11 is 0. The van der Waals surface area contributed by atoms with E-state index in [1.165, 1.54) is 5.56 Å². The minimum Gasteiger partial charge on any atom is -0.425 e. The molecule has 0 spiro atoms. The van der Waals surface area contributed by atoms with E-state index in [9.17, 15) is 0 Å². The Balaban J connectivity index is 2.04. The van der Waals surface area contributed by atoms with Crippen LogP contribution in [0.25, 0.3) is 38.9 Å². The molecule has 126 valence electrons. The first kappa shape index (κ1) is 14.8. The number of aromatic nitrogens is 4. The molecule has 26 heavy (non-hydrogen) atoms. The van der Waals surface area contributed by atoms with Crippen molar-refractivity contribution < 1.29 is 4.42 Å². The second-order valence-corrected chi connectivity index (χ2v) is 6.32. The van der Waals surface area contributed by atoms with Crippen molar-refractivity contribution in [2.24, 2.45) is 0 Å². The number of hydrogen-bond donors (Lipinski definition) is 1. The summed E-state index contributed by atoms with van der Waals surface area (Å²) in [6, 6.07) is 15.9. The van der Waals surface area contributed by atoms with Crippen LogP contribution < -0.4 is 5.55 Å². The molecule has 6 nitrogen and oxygen atoms in total. The maximum atomic E-state index is 8.32. The summed E-state index contributed by atoms with van der Waals surface area (Å²) in [4.78, 5) is 14.1. The average molecular weight is 341 g/mol. The van der Waals surface area contributed by atoms with Crippen molar-refractivity contribution >= 4 is 33.2 Å². The zero-order valence-electron chi connectivity index (χ0n) is 14.3. The van der Waals surface area contributed by atoms with Gasteiger partial charge in [-0.2, -0.15) is 4.98 Å². The van der Waals surface area contributed by atoms with Crippen LogP contribution in [-0.4, -0.2) is 19.5 Å². The highest BCUT2D eigenvalue weighted by Gasteiger charge is 2.19. The Kier molecular flexibility index (Phi) is 2.97. The Labute approximate surface area is 148 Å². The number of rotatable bonds is 1. The van der Waals surface area contributed by atoms with Crippen LogP contribution in [0.5, 0.6) is 0 Å². The van der Waals surface area contributed by atoms with Gasteiger partial charge in [0.2, 0.25) is 5.55 Å². The molecule has 0 fully saturated rings. The predicted octanol–water partition coefficient (Wildman–Crippen LogP) is 3.81. The SMILES string of the molecule is Cc1ccc(-n2c3nc4ccccc4nc3c3c(=N)oc(C)nc32)cc1. The highest BCUT2D eigenvalue weighted by molar-refractivity contribution is 6.05. The lowest BCUT2D eigenvalue weighted by Gasteiger charge is -2.07. The number of benzene rings is 2. The fourth-order valence-corrected chi connectivity index (χ4v) is 3.26. The fraction of sp³-hybridized carbons (Fsp3) is 0.100. The average Bonchev–Trinajstić information content (AvgIpc) is 2.93. The Morgan fingerprint density at radius 2 is 1.54 bits per heavy atom. The summed E-state index contributed by atoms with van der Waals surface area (Å²) in [5.41, 5.74) is 5.66. The van der Waals surface area contributed by atoms with Crippen LogP contribution in [0, 0.1) is 19.3 Å². The third-order valence-electron chi connectivity index (χ3n) is 4.47. The van der Waals surface area contributed by atoms with E-state index in [1.54, 1.807) is 6.92 Å². The second kappa shape index (κ2) is 5.23. The zero-order chi connectivity index (χ0) is 17.8. The first-order valence-corrected chi connectivity index (χ1v) is 8.32. The van der Waals surface area contributed by atoms with Gasteiger partial charge in [0.05, 0.1) is 11.0 Å². The molecule has 0 radical (unpaired) electrons. The molecule has 0 aliphatic rings. The van der Waals surface area contributed by atoms with E-state index < -0.39 is 0 Å². The molecule has 2 aromatic carbocycles. The molecular weight excluding hydrogens is 326 g/mol. The summed E-state index contributed by atoms with van der Waals surface area (Å²) < 4.78 is 7.40. The molecule has 5 aromatic rings. The number of nitrogens with one attached hydrogen (secondary N) is 1. The number of para-hydroxylation sites is 2. The third-order valence-corrected chi connectivity index (χ3v) is 4.47. The van der Waals surface area contributed by atoms with Crippen LogP contribution in [0.4, 0.5) is 0 Å². The molecule has 3 aromatic heterocycles. The molecule has 0 aliphatic carbocycles. The van der Waals surface area contributed by atoms with Crippen LogP contribution >= 0.6 is 0 Å². The zero-order valence-corrected chi connectivity index (χ0v) is 14.3. The van der Waals surface area contributed by atoms with E-state index in [4.69, 9.17) is 19.8 Å². The van der Waals surface area contributed by atoms with Gasteiger partial charge < -0.3 is 4.42 Å². The van der Waals surface area contributed by atoms with Gasteiger partial charge in [-0.15, -0.1) is 0 Å². The number of fused-ring (bicyclic) bond motifs is 4. The van der Waals surface area contributed by atoms with E-state index >= 15 is 0 Å². The Bertz CT molecular complexity index is 1360. The van der Waals surface area contributed by atoms with Crippen molar-refractivity contribution in [3.05, 3.63) is 65.5 Å². The highest BCUT2D eigenvalue weighted by atomic mass is 16.3. The fourth-order valence-electron chi connectivity index (χ4n) is 3.26. The van der Waals surface area contributed by atoms with Gasteiger partial charge in [0.1, 0.15) is 10.9 Å². The van der Waals surface area contributed by atoms with E-state index in [0.717, 1.165) is 16.7 Å². The van der Waals surface area contributed by atoms with Crippen molar-refractivity contribution in [3.63, 3.8) is 0 Å². The molecule has 3 heterocycles. The van der Waals surface area contributed by atoms with E-state index in [-0.39, 0.29) is 5.55 Å². The Hall–Kier alpha value is -3.54. The van der Waals surface area contributed by atoms with Crippen LogP contribution in [0.15, 0.2) is 52.9 Å². The second-order valence-electron chi connectivity index (χ2n) is 6.32. The van der Waals surface area contributed by atoms with Gasteiger partial charge in [-0.1, -0.05) is 29.8 Å². The molecule has 0 unspecified atom stereocenters. The molecule has 0 saturated carbocycles. The molecule has 6 heteroatoms. The third kappa shape index (κ3) is 2.05. The van der Waals surface area contributed by atoms with Gasteiger partial charge in [0.15, 0.2) is 17.2 Å². The topological polar surface area (TPSA) is 80.6 Å². The molecule has 0 aliphatic heterocycles. The summed E-state index contributed by atoms with van der Waals surface area (Å²) in [6.45, 7) is 3.79. The van der Waals surface area contributed by atoms with E-state index in [0.29, 0.717) is 28.1 Å². The number of hydrogen-bond acceptors (Lipinski definition) is 5. The number of nitrogens with zero attached hydrogens (tertiary/aromatic N) is 4. The van der Waals surface area contributed by atoms with Crippen molar-refractivity contribution in [1.29, 1.82) is 5.41 Å². The standard InChI is InChI=1S/C20H15N5O/c1-11-7-9-13(10-8-11)25-19-16(18(21)26-12(2)22-19)17-20(25)24-15-6-4-3-5-14(15)23-17/h3-10,21H,1-2H3. The molecular formula is C20H15N5O. The van der Waals surface area contributed by atoms with E-state index in [2.05, 4.69) is 4.98 Å². The minimum absolute atomic E-state index is 0.0490. The summed E-state index contributed by atoms with van der Waals surface area (Å²) in [6.07, 6.45) is 0. The lowest BCUT2D eigenvalue weighted by atomic mass is 10.2. The maximum absolute atomic E-state index is 8.32. The molecule has 0 amide bonds. The maximum Gasteiger partial charge on any atom is 0.227 e. The van der Waals surface area contributed by atoms with Crippen LogP contribution in [0.1, 0.15) is 11.5 Å². The van der Waals surface area contributed by atoms with Gasteiger partial charge in [0, 0.05) is 12.6 Å². The van der Waals surface area contributed by atoms with Gasteiger partial charge >= 0.3 is 0 Å². The normalized spacial score (nSPS) is 11.6. The van der Waals surface area contributed by atoms with Gasteiger partial charge in [-0.3, -0.25) is 9.98 Å². The molecule has 5 rings (SSSR count). The van der Waals surface area contributed by atoms with Crippen LogP contribution in [0.3, 0.4) is 0 Å². The lowest BCUT2D eigenvalue weighted by Crippen LogP contribution is -2.04. The van der Waals surface area contributed by atoms with Crippen molar-refractivity contribution in [2.75, 3.05) is 0 Å². The van der Waals surface area contributed by atoms with Crippen molar-refractivity contribution in [1.82, 2.24) is 19.5 Å². The predicted molar refractivity (Wildman–Crippen MR) is 99.3 cm³/mol. The summed E-state index contributed by atoms with van der Waals surface area (Å²) in [5.74, 6) is 0.434. The highest BCUT2D eigenvalue weighted by Crippen LogP contribution is 2.28. The molecule has 0 bridgehead atoms. The Morgan fingerprint density at radius 3 is 2.27 bits per heavy atom. The van der Waals surface area contributed by atoms with Crippen LogP contribution in [-0.2, 0) is 0 Å². The van der Waals surface area contributed by atoms with E-state index in [1.807, 2.05) is 60.0 Å². The number of aryl methyl sites for hydroxylation is 2. The summed E-state index contributed by atoms with van der Waals surface area (Å²) in [5, 5.41) is 8.89. The van der Waals surface area contributed by atoms with Crippen LogP contribution in [0.2, 0.25) is 0 Å².